The number of hydrogen-bond donors (Lipinski definition) is 12. The first kappa shape index (κ1) is 65.3. The Morgan fingerprint density at radius 2 is 0.932 bits per heavy atom. The van der Waals surface area contributed by atoms with Crippen LogP contribution in [0.4, 0.5) is 0 Å². The second-order valence-electron chi connectivity index (χ2n) is 20.0. The van der Waals surface area contributed by atoms with Gasteiger partial charge >= 0.3 is 0 Å². The van der Waals surface area contributed by atoms with Crippen LogP contribution in [0.5, 0.6) is 0 Å². The van der Waals surface area contributed by atoms with Crippen LogP contribution in [-0.2, 0) is 33.2 Å². The van der Waals surface area contributed by atoms with Gasteiger partial charge in [-0.05, 0) is 44.9 Å². The van der Waals surface area contributed by atoms with E-state index in [2.05, 4.69) is 36.5 Å². The molecule has 3 rings (SSSR count). The van der Waals surface area contributed by atoms with Crippen LogP contribution in [-0.4, -0.2) is 193 Å². The zero-order valence-corrected chi connectivity index (χ0v) is 43.9. The molecule has 17 atom stereocenters. The van der Waals surface area contributed by atoms with Gasteiger partial charge in [0.1, 0.15) is 73.2 Å². The van der Waals surface area contributed by atoms with Gasteiger partial charge in [0.2, 0.25) is 5.91 Å². The Morgan fingerprint density at radius 1 is 0.493 bits per heavy atom. The van der Waals surface area contributed by atoms with Crippen LogP contribution in [0.15, 0.2) is 36.5 Å². The fourth-order valence-electron chi connectivity index (χ4n) is 9.29. The number of amides is 1. The number of hydrogen-bond acceptors (Lipinski definition) is 18. The molecule has 0 bridgehead atoms. The summed E-state index contributed by atoms with van der Waals surface area (Å²) in [5.41, 5.74) is 0. The van der Waals surface area contributed by atoms with Gasteiger partial charge in [-0.25, -0.2) is 0 Å². The number of nitrogens with one attached hydrogen (secondary N) is 1. The molecule has 0 radical (unpaired) electrons. The lowest BCUT2D eigenvalue weighted by molar-refractivity contribution is -0.379. The van der Waals surface area contributed by atoms with Gasteiger partial charge in [0.05, 0.1) is 38.6 Å². The molecule has 19 heteroatoms. The minimum absolute atomic E-state index is 0.239. The molecule has 19 nitrogen and oxygen atoms in total. The minimum Gasteiger partial charge on any atom is -0.394 e. The van der Waals surface area contributed by atoms with Crippen molar-refractivity contribution in [2.45, 2.75) is 272 Å². The molecule has 3 saturated heterocycles. The Hall–Kier alpha value is -1.99. The maximum Gasteiger partial charge on any atom is 0.220 e. The first-order valence-corrected chi connectivity index (χ1v) is 27.7. The van der Waals surface area contributed by atoms with E-state index in [1.54, 1.807) is 12.2 Å². The lowest BCUT2D eigenvalue weighted by Gasteiger charge is -2.48. The van der Waals surface area contributed by atoms with E-state index in [1.807, 2.05) is 6.92 Å². The van der Waals surface area contributed by atoms with Crippen LogP contribution in [0, 0.1) is 0 Å². The average molecular weight is 1050 g/mol. The van der Waals surface area contributed by atoms with Crippen LogP contribution in [0.1, 0.15) is 168 Å². The first-order valence-electron chi connectivity index (χ1n) is 27.7. The third-order valence-corrected chi connectivity index (χ3v) is 13.9. The third kappa shape index (κ3) is 23.7. The van der Waals surface area contributed by atoms with Gasteiger partial charge in [0.25, 0.3) is 0 Å². The Balaban J connectivity index is 1.35. The fraction of sp³-hybridized carbons (Fsp3) is 0.870. The van der Waals surface area contributed by atoms with Crippen molar-refractivity contribution in [3.63, 3.8) is 0 Å². The highest BCUT2D eigenvalue weighted by Crippen LogP contribution is 2.33. The number of ether oxygens (including phenoxy) is 6. The summed E-state index contributed by atoms with van der Waals surface area (Å²) in [4.78, 5) is 13.1. The van der Waals surface area contributed by atoms with Gasteiger partial charge in [0, 0.05) is 6.42 Å². The third-order valence-electron chi connectivity index (χ3n) is 13.9. The van der Waals surface area contributed by atoms with Gasteiger partial charge in [-0.1, -0.05) is 153 Å². The topological polar surface area (TPSA) is 307 Å². The molecular formula is C54H97NO18. The molecule has 0 aromatic carbocycles. The van der Waals surface area contributed by atoms with E-state index in [1.165, 1.54) is 103 Å². The zero-order chi connectivity index (χ0) is 53.4. The molecule has 12 N–H and O–H groups in total. The maximum absolute atomic E-state index is 13.1. The van der Waals surface area contributed by atoms with E-state index in [-0.39, 0.29) is 18.9 Å². The number of aliphatic hydroxyl groups is 11. The normalized spacial score (nSPS) is 32.0. The molecule has 0 saturated carbocycles. The summed E-state index contributed by atoms with van der Waals surface area (Å²) in [6.07, 6.45) is 12.8. The quantitative estimate of drug-likeness (QED) is 0.0310. The molecule has 3 heterocycles. The Morgan fingerprint density at radius 3 is 1.42 bits per heavy atom. The molecule has 73 heavy (non-hydrogen) atoms. The maximum atomic E-state index is 13.1. The lowest BCUT2D eigenvalue weighted by atomic mass is 9.96. The monoisotopic (exact) mass is 1050 g/mol. The van der Waals surface area contributed by atoms with Crippen molar-refractivity contribution in [2.75, 3.05) is 26.4 Å². The van der Waals surface area contributed by atoms with Crippen LogP contribution >= 0.6 is 0 Å². The molecule has 0 aromatic heterocycles. The first-order chi connectivity index (χ1) is 35.3. The van der Waals surface area contributed by atoms with Crippen molar-refractivity contribution in [1.29, 1.82) is 0 Å². The number of carbonyl (C=O) groups is 1. The Bertz CT molecular complexity index is 1490. The highest BCUT2D eigenvalue weighted by atomic mass is 16.8. The van der Waals surface area contributed by atoms with Gasteiger partial charge in [0.15, 0.2) is 18.9 Å². The molecule has 0 spiro atoms. The number of allylic oxidation sites excluding steroid dienone is 5. The van der Waals surface area contributed by atoms with Gasteiger partial charge in [-0.15, -0.1) is 0 Å². The fourth-order valence-corrected chi connectivity index (χ4v) is 9.29. The lowest BCUT2D eigenvalue weighted by Crippen LogP contribution is -2.66. The summed E-state index contributed by atoms with van der Waals surface area (Å²) < 4.78 is 33.9. The molecule has 3 aliphatic heterocycles. The minimum atomic E-state index is -1.97. The number of rotatable bonds is 39. The summed E-state index contributed by atoms with van der Waals surface area (Å²) in [5, 5.41) is 119. The van der Waals surface area contributed by atoms with Crippen molar-refractivity contribution in [1.82, 2.24) is 5.32 Å². The predicted molar refractivity (Wildman–Crippen MR) is 272 cm³/mol. The Labute approximate surface area is 434 Å². The summed E-state index contributed by atoms with van der Waals surface area (Å²) in [7, 11) is 0. The largest absolute Gasteiger partial charge is 0.394 e. The predicted octanol–water partition coefficient (Wildman–Crippen LogP) is 3.37. The molecule has 3 aliphatic rings. The summed E-state index contributed by atoms with van der Waals surface area (Å²) in [5.74, 6) is -0.290. The smallest absolute Gasteiger partial charge is 0.220 e. The zero-order valence-electron chi connectivity index (χ0n) is 43.9. The molecule has 0 aromatic rings. The molecule has 1 amide bonds. The second kappa shape index (κ2) is 38.5. The SMILES string of the molecule is CCC/C=C/C(O)C(COC1OC(CO)C(OC2OC(CO)C(OC3OC(CO)C(O)C(O)C3O)C(O)C2O)C(O)C1O)NC(=O)CCCCCCCCCCCCCCC/C=C\C/C=C\CCCCCCC. The van der Waals surface area contributed by atoms with Crippen molar-refractivity contribution in [2.24, 2.45) is 0 Å². The van der Waals surface area contributed by atoms with Gasteiger partial charge in [-0.2, -0.15) is 0 Å². The van der Waals surface area contributed by atoms with Crippen molar-refractivity contribution >= 4 is 5.91 Å². The van der Waals surface area contributed by atoms with E-state index in [0.717, 1.165) is 32.1 Å². The van der Waals surface area contributed by atoms with Crippen molar-refractivity contribution in [3.05, 3.63) is 36.5 Å². The standard InChI is InChI=1S/C54H97NO18/c1-3-5-7-8-9-10-11-12-13-14-15-16-17-18-19-20-21-22-23-24-25-26-27-28-30-32-42(60)55-37(38(59)31-29-6-4-2)36-68-52-48(66)45(63)50(40(34-57)70-52)73-54-49(67)46(64)51(41(35-58)71-54)72-53-47(65)44(62)43(61)39(33-56)69-53/h11-12,14-15,29,31,37-41,43-54,56-59,61-67H,3-10,13,16-28,30,32-36H2,1-2H3,(H,55,60)/b12-11-,15-14-,31-29+. The van der Waals surface area contributed by atoms with E-state index in [4.69, 9.17) is 28.4 Å². The number of unbranched alkanes of at least 4 members (excludes halogenated alkanes) is 19. The van der Waals surface area contributed by atoms with Crippen LogP contribution in [0.2, 0.25) is 0 Å². The molecule has 0 aliphatic carbocycles. The summed E-state index contributed by atoms with van der Waals surface area (Å²) >= 11 is 0. The van der Waals surface area contributed by atoms with E-state index >= 15 is 0 Å². The van der Waals surface area contributed by atoms with Crippen molar-refractivity contribution < 1.29 is 89.4 Å². The highest BCUT2D eigenvalue weighted by molar-refractivity contribution is 5.76. The van der Waals surface area contributed by atoms with E-state index in [0.29, 0.717) is 12.8 Å². The molecule has 3 fully saturated rings. The number of carbonyl (C=O) groups excluding carboxylic acids is 1. The van der Waals surface area contributed by atoms with Gasteiger partial charge in [-0.3, -0.25) is 4.79 Å². The number of aliphatic hydroxyl groups excluding tert-OH is 11. The van der Waals surface area contributed by atoms with Crippen LogP contribution < -0.4 is 5.32 Å². The molecular weight excluding hydrogens is 951 g/mol. The Kier molecular flexibility index (Phi) is 34.5. The summed E-state index contributed by atoms with van der Waals surface area (Å²) in [6.45, 7) is 1.45. The molecule has 17 unspecified atom stereocenters. The summed E-state index contributed by atoms with van der Waals surface area (Å²) in [6, 6.07) is -0.967. The van der Waals surface area contributed by atoms with E-state index < -0.39 is 124 Å². The average Bonchev–Trinajstić information content (AvgIpc) is 3.38. The highest BCUT2D eigenvalue weighted by Gasteiger charge is 2.53. The van der Waals surface area contributed by atoms with Crippen molar-refractivity contribution in [3.8, 4) is 0 Å². The second-order valence-corrected chi connectivity index (χ2v) is 20.0. The van der Waals surface area contributed by atoms with Crippen LogP contribution in [0.3, 0.4) is 0 Å². The van der Waals surface area contributed by atoms with E-state index in [9.17, 15) is 61.0 Å². The molecule has 426 valence electrons. The van der Waals surface area contributed by atoms with Gasteiger partial charge < -0.3 is 89.9 Å². The van der Waals surface area contributed by atoms with Crippen LogP contribution in [0.25, 0.3) is 0 Å².